The van der Waals surface area contributed by atoms with Crippen LogP contribution in [0.25, 0.3) is 0 Å². The molecular weight excluding hydrogens is 142 g/mol. The third-order valence-corrected chi connectivity index (χ3v) is 2.16. The summed E-state index contributed by atoms with van der Waals surface area (Å²) < 4.78 is 4.98. The molecule has 2 atom stereocenters. The Balaban J connectivity index is 2.29. The van der Waals surface area contributed by atoms with Crippen LogP contribution in [0.15, 0.2) is 0 Å². The topological polar surface area (TPSA) is 38.3 Å². The van der Waals surface area contributed by atoms with Gasteiger partial charge in [-0.2, -0.15) is 0 Å². The quantitative estimate of drug-likeness (QED) is 0.636. The molecule has 0 unspecified atom stereocenters. The number of hydrogen-bond acceptors (Lipinski definition) is 3. The number of carbonyl (C=O) groups is 1. The first-order valence-corrected chi connectivity index (χ1v) is 3.96. The van der Waals surface area contributed by atoms with Crippen LogP contribution in [0, 0.1) is 5.92 Å². The predicted molar refractivity (Wildman–Crippen MR) is 42.5 cm³/mol. The van der Waals surface area contributed by atoms with Crippen molar-refractivity contribution in [2.24, 2.45) is 5.92 Å². The molecule has 1 saturated heterocycles. The van der Waals surface area contributed by atoms with Gasteiger partial charge in [0, 0.05) is 25.6 Å². The van der Waals surface area contributed by atoms with E-state index in [-0.39, 0.29) is 11.7 Å². The minimum absolute atomic E-state index is 0.218. The van der Waals surface area contributed by atoms with Crippen LogP contribution in [0.5, 0.6) is 0 Å². The normalized spacial score (nSPS) is 30.7. The van der Waals surface area contributed by atoms with Crippen molar-refractivity contribution in [3.05, 3.63) is 0 Å². The highest BCUT2D eigenvalue weighted by Crippen LogP contribution is 2.14. The van der Waals surface area contributed by atoms with Gasteiger partial charge in [0.2, 0.25) is 0 Å². The van der Waals surface area contributed by atoms with Crippen molar-refractivity contribution >= 4 is 5.78 Å². The third-order valence-electron chi connectivity index (χ3n) is 2.16. The standard InChI is InChI=1S/C8H15NO2/c1-6(10)7-3-8(5-11-2)9-4-7/h7-9H,3-5H2,1-2H3/t7-,8-/m0/s1. The summed E-state index contributed by atoms with van der Waals surface area (Å²) in [5.41, 5.74) is 0. The molecule has 0 spiro atoms. The van der Waals surface area contributed by atoms with Crippen LogP contribution >= 0.6 is 0 Å². The van der Waals surface area contributed by atoms with E-state index in [2.05, 4.69) is 5.32 Å². The van der Waals surface area contributed by atoms with E-state index in [9.17, 15) is 4.79 Å². The van der Waals surface area contributed by atoms with Crippen LogP contribution in [0.3, 0.4) is 0 Å². The first kappa shape index (κ1) is 8.68. The van der Waals surface area contributed by atoms with E-state index >= 15 is 0 Å². The SMILES string of the molecule is COC[C@@H]1C[C@H](C(C)=O)CN1. The van der Waals surface area contributed by atoms with Gasteiger partial charge in [-0.25, -0.2) is 0 Å². The lowest BCUT2D eigenvalue weighted by Crippen LogP contribution is -2.25. The molecule has 0 amide bonds. The van der Waals surface area contributed by atoms with Crippen LogP contribution in [0.1, 0.15) is 13.3 Å². The molecular formula is C8H15NO2. The molecule has 3 nitrogen and oxygen atoms in total. The van der Waals surface area contributed by atoms with E-state index in [1.165, 1.54) is 0 Å². The maximum atomic E-state index is 10.9. The van der Waals surface area contributed by atoms with Crippen molar-refractivity contribution in [1.82, 2.24) is 5.32 Å². The van der Waals surface area contributed by atoms with Gasteiger partial charge in [-0.05, 0) is 13.3 Å². The van der Waals surface area contributed by atoms with Gasteiger partial charge in [-0.1, -0.05) is 0 Å². The fourth-order valence-corrected chi connectivity index (χ4v) is 1.46. The summed E-state index contributed by atoms with van der Waals surface area (Å²) in [5.74, 6) is 0.506. The monoisotopic (exact) mass is 157 g/mol. The molecule has 0 radical (unpaired) electrons. The smallest absolute Gasteiger partial charge is 0.134 e. The molecule has 3 heteroatoms. The van der Waals surface area contributed by atoms with Crippen molar-refractivity contribution in [3.8, 4) is 0 Å². The number of nitrogens with one attached hydrogen (secondary N) is 1. The number of Topliss-reactive ketones (excluding diaryl/α,β-unsaturated/α-hetero) is 1. The summed E-state index contributed by atoms with van der Waals surface area (Å²) in [6.45, 7) is 3.19. The van der Waals surface area contributed by atoms with E-state index in [4.69, 9.17) is 4.74 Å². The van der Waals surface area contributed by atoms with Gasteiger partial charge in [0.05, 0.1) is 6.61 Å². The van der Waals surface area contributed by atoms with Gasteiger partial charge < -0.3 is 10.1 Å². The molecule has 0 aromatic heterocycles. The molecule has 0 aromatic carbocycles. The minimum Gasteiger partial charge on any atom is -0.383 e. The van der Waals surface area contributed by atoms with Gasteiger partial charge in [0.25, 0.3) is 0 Å². The van der Waals surface area contributed by atoms with Crippen molar-refractivity contribution in [1.29, 1.82) is 0 Å². The molecule has 1 aliphatic heterocycles. The Morgan fingerprint density at radius 1 is 1.73 bits per heavy atom. The molecule has 0 saturated carbocycles. The largest absolute Gasteiger partial charge is 0.383 e. The number of rotatable bonds is 3. The Morgan fingerprint density at radius 2 is 2.45 bits per heavy atom. The molecule has 64 valence electrons. The predicted octanol–water partition coefficient (Wildman–Crippen LogP) is 0.200. The van der Waals surface area contributed by atoms with Crippen molar-refractivity contribution in [2.75, 3.05) is 20.3 Å². The zero-order chi connectivity index (χ0) is 8.27. The Labute approximate surface area is 67.1 Å². The number of ether oxygens (including phenoxy) is 1. The second-order valence-corrected chi connectivity index (χ2v) is 3.10. The van der Waals surface area contributed by atoms with E-state index in [1.807, 2.05) is 0 Å². The Morgan fingerprint density at radius 3 is 2.91 bits per heavy atom. The molecule has 1 aliphatic rings. The van der Waals surface area contributed by atoms with E-state index < -0.39 is 0 Å². The average molecular weight is 157 g/mol. The van der Waals surface area contributed by atoms with Crippen LogP contribution in [0.4, 0.5) is 0 Å². The summed E-state index contributed by atoms with van der Waals surface area (Å²) in [6.07, 6.45) is 0.934. The number of carbonyl (C=O) groups excluding carboxylic acids is 1. The summed E-state index contributed by atoms with van der Waals surface area (Å²) in [7, 11) is 1.68. The molecule has 1 N–H and O–H groups in total. The van der Waals surface area contributed by atoms with E-state index in [1.54, 1.807) is 14.0 Å². The number of hydrogen-bond donors (Lipinski definition) is 1. The van der Waals surface area contributed by atoms with Crippen molar-refractivity contribution in [3.63, 3.8) is 0 Å². The number of methoxy groups -OCH3 is 1. The summed E-state index contributed by atoms with van der Waals surface area (Å²) >= 11 is 0. The Hall–Kier alpha value is -0.410. The Kier molecular flexibility index (Phi) is 3.02. The molecule has 11 heavy (non-hydrogen) atoms. The molecule has 0 aromatic rings. The lowest BCUT2D eigenvalue weighted by molar-refractivity contribution is -0.120. The first-order chi connectivity index (χ1) is 5.24. The fourth-order valence-electron chi connectivity index (χ4n) is 1.46. The molecule has 1 rings (SSSR count). The number of ketones is 1. The molecule has 0 aliphatic carbocycles. The molecule has 1 heterocycles. The van der Waals surface area contributed by atoms with Crippen LogP contribution in [-0.2, 0) is 9.53 Å². The molecule has 0 bridgehead atoms. The van der Waals surface area contributed by atoms with Gasteiger partial charge >= 0.3 is 0 Å². The summed E-state index contributed by atoms with van der Waals surface area (Å²) in [4.78, 5) is 10.9. The minimum atomic E-state index is 0.218. The highest BCUT2D eigenvalue weighted by molar-refractivity contribution is 5.78. The summed E-state index contributed by atoms with van der Waals surface area (Å²) in [5, 5.41) is 3.24. The maximum Gasteiger partial charge on any atom is 0.134 e. The average Bonchev–Trinajstić information content (AvgIpc) is 2.37. The molecule has 1 fully saturated rings. The van der Waals surface area contributed by atoms with Gasteiger partial charge in [-0.3, -0.25) is 4.79 Å². The van der Waals surface area contributed by atoms with Crippen LogP contribution in [0.2, 0.25) is 0 Å². The zero-order valence-corrected chi connectivity index (χ0v) is 7.09. The first-order valence-electron chi connectivity index (χ1n) is 3.96. The van der Waals surface area contributed by atoms with Crippen molar-refractivity contribution < 1.29 is 9.53 Å². The van der Waals surface area contributed by atoms with Crippen molar-refractivity contribution in [2.45, 2.75) is 19.4 Å². The fraction of sp³-hybridized carbons (Fsp3) is 0.875. The second-order valence-electron chi connectivity index (χ2n) is 3.10. The lowest BCUT2D eigenvalue weighted by Gasteiger charge is -2.06. The van der Waals surface area contributed by atoms with Crippen LogP contribution in [-0.4, -0.2) is 32.1 Å². The van der Waals surface area contributed by atoms with Gasteiger partial charge in [0.1, 0.15) is 5.78 Å². The highest BCUT2D eigenvalue weighted by Gasteiger charge is 2.26. The van der Waals surface area contributed by atoms with Crippen LogP contribution < -0.4 is 5.32 Å². The van der Waals surface area contributed by atoms with E-state index in [0.29, 0.717) is 12.6 Å². The van der Waals surface area contributed by atoms with E-state index in [0.717, 1.165) is 13.0 Å². The lowest BCUT2D eigenvalue weighted by atomic mass is 10.0. The maximum absolute atomic E-state index is 10.9. The Bertz CT molecular complexity index is 147. The third kappa shape index (κ3) is 2.27. The summed E-state index contributed by atoms with van der Waals surface area (Å²) in [6, 6.07) is 0.383. The van der Waals surface area contributed by atoms with Gasteiger partial charge in [-0.15, -0.1) is 0 Å². The highest BCUT2D eigenvalue weighted by atomic mass is 16.5. The zero-order valence-electron chi connectivity index (χ0n) is 7.09. The van der Waals surface area contributed by atoms with Gasteiger partial charge in [0.15, 0.2) is 0 Å². The second kappa shape index (κ2) is 3.83.